The number of carbonyl (C=O) groups excluding carboxylic acids is 1. The minimum absolute atomic E-state index is 0.305. The number of amides is 1. The van der Waals surface area contributed by atoms with Crippen molar-refractivity contribution < 1.29 is 14.3 Å². The van der Waals surface area contributed by atoms with Crippen LogP contribution in [0.25, 0.3) is 16.3 Å². The van der Waals surface area contributed by atoms with E-state index in [2.05, 4.69) is 15.3 Å². The largest absolute Gasteiger partial charge is 0.493 e. The minimum Gasteiger partial charge on any atom is -0.493 e. The number of hydrogen-bond donors (Lipinski definition) is 1. The van der Waals surface area contributed by atoms with Crippen LogP contribution in [0.5, 0.6) is 11.5 Å². The zero-order chi connectivity index (χ0) is 18.5. The second-order valence-electron chi connectivity index (χ2n) is 5.15. The number of nitrogens with one attached hydrogen (secondary N) is 1. The Labute approximate surface area is 159 Å². The summed E-state index contributed by atoms with van der Waals surface area (Å²) in [5.74, 6) is 1.17. The maximum atomic E-state index is 12.2. The molecule has 0 atom stereocenters. The van der Waals surface area contributed by atoms with Gasteiger partial charge in [0.2, 0.25) is 5.91 Å². The fourth-order valence-corrected chi connectivity index (χ4v) is 3.35. The highest BCUT2D eigenvalue weighted by molar-refractivity contribution is 7.16. The SMILES string of the molecule is CCOc1c(Cl)cc(/C=C/C(=O)Nc2ncnc3sccc23)cc1OC. The molecule has 0 saturated heterocycles. The number of rotatable bonds is 6. The van der Waals surface area contributed by atoms with Crippen molar-refractivity contribution in [2.24, 2.45) is 0 Å². The van der Waals surface area contributed by atoms with Gasteiger partial charge in [0.15, 0.2) is 11.5 Å². The molecule has 6 nitrogen and oxygen atoms in total. The van der Waals surface area contributed by atoms with Crippen LogP contribution >= 0.6 is 22.9 Å². The molecule has 2 aromatic heterocycles. The molecule has 0 aliphatic rings. The lowest BCUT2D eigenvalue weighted by Crippen LogP contribution is -2.09. The van der Waals surface area contributed by atoms with E-state index in [-0.39, 0.29) is 5.91 Å². The Hall–Kier alpha value is -2.64. The molecule has 134 valence electrons. The van der Waals surface area contributed by atoms with Crippen molar-refractivity contribution in [2.75, 3.05) is 19.0 Å². The van der Waals surface area contributed by atoms with E-state index in [1.807, 2.05) is 18.4 Å². The Morgan fingerprint density at radius 1 is 1.38 bits per heavy atom. The summed E-state index contributed by atoms with van der Waals surface area (Å²) in [6.45, 7) is 2.34. The van der Waals surface area contributed by atoms with Crippen molar-refractivity contribution in [3.63, 3.8) is 0 Å². The molecule has 1 N–H and O–H groups in total. The number of aromatic nitrogens is 2. The number of nitrogens with zero attached hydrogens (tertiary/aromatic N) is 2. The lowest BCUT2D eigenvalue weighted by atomic mass is 10.2. The van der Waals surface area contributed by atoms with E-state index in [1.165, 1.54) is 30.8 Å². The molecule has 0 fully saturated rings. The van der Waals surface area contributed by atoms with Gasteiger partial charge in [-0.2, -0.15) is 0 Å². The average molecular weight is 390 g/mol. The molecule has 0 unspecified atom stereocenters. The van der Waals surface area contributed by atoms with Gasteiger partial charge >= 0.3 is 0 Å². The predicted molar refractivity (Wildman–Crippen MR) is 104 cm³/mol. The van der Waals surface area contributed by atoms with Crippen LogP contribution in [-0.2, 0) is 4.79 Å². The minimum atomic E-state index is -0.305. The van der Waals surface area contributed by atoms with Crippen LogP contribution in [0.2, 0.25) is 5.02 Å². The summed E-state index contributed by atoms with van der Waals surface area (Å²) in [6, 6.07) is 5.33. The molecule has 26 heavy (non-hydrogen) atoms. The highest BCUT2D eigenvalue weighted by Gasteiger charge is 2.11. The Kier molecular flexibility index (Phi) is 5.70. The second-order valence-corrected chi connectivity index (χ2v) is 6.45. The van der Waals surface area contributed by atoms with Crippen molar-refractivity contribution in [1.82, 2.24) is 9.97 Å². The van der Waals surface area contributed by atoms with Crippen LogP contribution in [0.3, 0.4) is 0 Å². The molecular weight excluding hydrogens is 374 g/mol. The number of carbonyl (C=O) groups is 1. The van der Waals surface area contributed by atoms with Crippen molar-refractivity contribution >= 4 is 51.0 Å². The van der Waals surface area contributed by atoms with E-state index in [0.29, 0.717) is 34.5 Å². The molecule has 0 aliphatic heterocycles. The van der Waals surface area contributed by atoms with E-state index in [0.717, 1.165) is 10.2 Å². The monoisotopic (exact) mass is 389 g/mol. The molecule has 2 heterocycles. The highest BCUT2D eigenvalue weighted by Crippen LogP contribution is 2.36. The molecule has 1 amide bonds. The van der Waals surface area contributed by atoms with Gasteiger partial charge in [0.25, 0.3) is 0 Å². The smallest absolute Gasteiger partial charge is 0.249 e. The van der Waals surface area contributed by atoms with E-state index in [9.17, 15) is 4.79 Å². The number of methoxy groups -OCH3 is 1. The number of benzene rings is 1. The zero-order valence-electron chi connectivity index (χ0n) is 14.2. The maximum Gasteiger partial charge on any atom is 0.249 e. The normalized spacial score (nSPS) is 11.0. The third-order valence-electron chi connectivity index (χ3n) is 3.47. The Morgan fingerprint density at radius 2 is 2.23 bits per heavy atom. The molecule has 0 aliphatic carbocycles. The fourth-order valence-electron chi connectivity index (χ4n) is 2.34. The van der Waals surface area contributed by atoms with E-state index >= 15 is 0 Å². The van der Waals surface area contributed by atoms with Crippen LogP contribution < -0.4 is 14.8 Å². The quantitative estimate of drug-likeness (QED) is 0.632. The summed E-state index contributed by atoms with van der Waals surface area (Å²) in [6.07, 6.45) is 4.48. The molecule has 0 saturated carbocycles. The zero-order valence-corrected chi connectivity index (χ0v) is 15.7. The molecule has 0 radical (unpaired) electrons. The van der Waals surface area contributed by atoms with Crippen molar-refractivity contribution in [1.29, 1.82) is 0 Å². The number of thiophene rings is 1. The second kappa shape index (κ2) is 8.16. The lowest BCUT2D eigenvalue weighted by molar-refractivity contribution is -0.111. The predicted octanol–water partition coefficient (Wildman–Crippen LogP) is 4.40. The number of halogens is 1. The molecule has 0 spiro atoms. The van der Waals surface area contributed by atoms with Gasteiger partial charge in [-0.1, -0.05) is 11.6 Å². The first kappa shape index (κ1) is 18.2. The lowest BCUT2D eigenvalue weighted by Gasteiger charge is -2.11. The first-order valence-corrected chi connectivity index (χ1v) is 9.05. The van der Waals surface area contributed by atoms with E-state index in [4.69, 9.17) is 21.1 Å². The Balaban J connectivity index is 1.78. The standard InChI is InChI=1S/C18H16ClN3O3S/c1-3-25-16-13(19)8-11(9-14(16)24-2)4-5-15(23)22-17-12-6-7-26-18(12)21-10-20-17/h4-10H,3H2,1-2H3,(H,20,21,22,23)/b5-4+. The Bertz CT molecular complexity index is 971. The molecule has 3 aromatic rings. The third kappa shape index (κ3) is 3.95. The molecular formula is C18H16ClN3O3S. The summed E-state index contributed by atoms with van der Waals surface area (Å²) in [4.78, 5) is 21.3. The average Bonchev–Trinajstić information content (AvgIpc) is 3.11. The van der Waals surface area contributed by atoms with Crippen LogP contribution in [0, 0.1) is 0 Å². The summed E-state index contributed by atoms with van der Waals surface area (Å²) >= 11 is 7.72. The fraction of sp³-hybridized carbons (Fsp3) is 0.167. The number of ether oxygens (including phenoxy) is 2. The molecule has 3 rings (SSSR count). The molecule has 0 bridgehead atoms. The van der Waals surface area contributed by atoms with Crippen LogP contribution in [0.1, 0.15) is 12.5 Å². The van der Waals surface area contributed by atoms with Gasteiger partial charge in [-0.25, -0.2) is 9.97 Å². The summed E-state index contributed by atoms with van der Waals surface area (Å²) < 4.78 is 10.8. The van der Waals surface area contributed by atoms with Crippen LogP contribution in [0.15, 0.2) is 36.0 Å². The van der Waals surface area contributed by atoms with Gasteiger partial charge in [0.05, 0.1) is 24.1 Å². The van der Waals surface area contributed by atoms with Crippen LogP contribution in [-0.4, -0.2) is 29.6 Å². The van der Waals surface area contributed by atoms with Gasteiger partial charge in [0, 0.05) is 6.08 Å². The number of anilines is 1. The number of hydrogen-bond acceptors (Lipinski definition) is 6. The van der Waals surface area contributed by atoms with Crippen molar-refractivity contribution in [2.45, 2.75) is 6.92 Å². The van der Waals surface area contributed by atoms with E-state index < -0.39 is 0 Å². The third-order valence-corrected chi connectivity index (χ3v) is 4.57. The Morgan fingerprint density at radius 3 is 3.00 bits per heavy atom. The summed E-state index contributed by atoms with van der Waals surface area (Å²) in [5.41, 5.74) is 0.717. The summed E-state index contributed by atoms with van der Waals surface area (Å²) in [7, 11) is 1.54. The van der Waals surface area contributed by atoms with E-state index in [1.54, 1.807) is 18.2 Å². The topological polar surface area (TPSA) is 73.3 Å². The number of fused-ring (bicyclic) bond motifs is 1. The van der Waals surface area contributed by atoms with Gasteiger partial charge < -0.3 is 14.8 Å². The van der Waals surface area contributed by atoms with Crippen LogP contribution in [0.4, 0.5) is 5.82 Å². The highest BCUT2D eigenvalue weighted by atomic mass is 35.5. The first-order chi connectivity index (χ1) is 12.6. The maximum absolute atomic E-state index is 12.2. The molecule has 8 heteroatoms. The van der Waals surface area contributed by atoms with Crippen molar-refractivity contribution in [3.8, 4) is 11.5 Å². The van der Waals surface area contributed by atoms with Crippen molar-refractivity contribution in [3.05, 3.63) is 46.6 Å². The van der Waals surface area contributed by atoms with Gasteiger partial charge in [-0.3, -0.25) is 4.79 Å². The molecule has 1 aromatic carbocycles. The van der Waals surface area contributed by atoms with Gasteiger partial charge in [-0.05, 0) is 42.1 Å². The first-order valence-electron chi connectivity index (χ1n) is 7.80. The van der Waals surface area contributed by atoms with Gasteiger partial charge in [0.1, 0.15) is 17.0 Å². The van der Waals surface area contributed by atoms with Gasteiger partial charge in [-0.15, -0.1) is 11.3 Å². The summed E-state index contributed by atoms with van der Waals surface area (Å²) in [5, 5.41) is 5.89.